The van der Waals surface area contributed by atoms with Gasteiger partial charge in [-0.3, -0.25) is 4.79 Å². The van der Waals surface area contributed by atoms with Crippen LogP contribution in [0.4, 0.5) is 0 Å². The summed E-state index contributed by atoms with van der Waals surface area (Å²) in [5, 5.41) is 1.62. The quantitative estimate of drug-likeness (QED) is 0.646. The lowest BCUT2D eigenvalue weighted by atomic mass is 10.00. The fraction of sp³-hybridized carbons (Fsp3) is 0.167. The third kappa shape index (κ3) is 2.16. The van der Waals surface area contributed by atoms with Crippen LogP contribution in [-0.2, 0) is 0 Å². The van der Waals surface area contributed by atoms with E-state index in [1.54, 1.807) is 0 Å². The van der Waals surface area contributed by atoms with Crippen molar-refractivity contribution in [1.82, 2.24) is 4.98 Å². The summed E-state index contributed by atoms with van der Waals surface area (Å²) in [5.74, 6) is 0. The van der Waals surface area contributed by atoms with E-state index >= 15 is 0 Å². The number of benzene rings is 2. The second-order valence-corrected chi connectivity index (χ2v) is 5.85. The van der Waals surface area contributed by atoms with Crippen molar-refractivity contribution < 1.29 is 4.79 Å². The van der Waals surface area contributed by atoms with Crippen LogP contribution in [0.15, 0.2) is 30.3 Å². The van der Waals surface area contributed by atoms with Crippen molar-refractivity contribution in [2.45, 2.75) is 20.8 Å². The highest BCUT2D eigenvalue weighted by atomic mass is 35.5. The van der Waals surface area contributed by atoms with Crippen LogP contribution in [0.25, 0.3) is 22.2 Å². The van der Waals surface area contributed by atoms with Gasteiger partial charge in [0, 0.05) is 21.5 Å². The molecule has 1 heterocycles. The summed E-state index contributed by atoms with van der Waals surface area (Å²) in [7, 11) is 0. The molecule has 0 aliphatic heterocycles. The molecule has 3 heteroatoms. The van der Waals surface area contributed by atoms with Crippen molar-refractivity contribution in [2.75, 3.05) is 0 Å². The molecule has 0 unspecified atom stereocenters. The number of hydrogen-bond donors (Lipinski definition) is 1. The SMILES string of the molecule is Cc1ccc(-c2[nH]c3c(C)c(Cl)ccc3c2C=O)c(C)c1. The maximum atomic E-state index is 11.6. The number of aryl methyl sites for hydroxylation is 3. The van der Waals surface area contributed by atoms with Crippen molar-refractivity contribution in [2.24, 2.45) is 0 Å². The number of aldehydes is 1. The van der Waals surface area contributed by atoms with Crippen molar-refractivity contribution >= 4 is 28.8 Å². The van der Waals surface area contributed by atoms with Gasteiger partial charge in [-0.2, -0.15) is 0 Å². The first kappa shape index (κ1) is 13.9. The third-order valence-corrected chi connectivity index (χ3v) is 4.39. The van der Waals surface area contributed by atoms with Gasteiger partial charge in [0.15, 0.2) is 6.29 Å². The minimum atomic E-state index is 0.691. The molecule has 1 N–H and O–H groups in total. The molecule has 0 atom stereocenters. The second kappa shape index (κ2) is 5.05. The molecule has 0 radical (unpaired) electrons. The Hall–Kier alpha value is -2.06. The van der Waals surface area contributed by atoms with Crippen LogP contribution in [-0.4, -0.2) is 11.3 Å². The number of nitrogens with one attached hydrogen (secondary N) is 1. The number of carbonyl (C=O) groups is 1. The fourth-order valence-corrected chi connectivity index (χ4v) is 2.99. The minimum absolute atomic E-state index is 0.691. The van der Waals surface area contributed by atoms with Gasteiger partial charge in [0.25, 0.3) is 0 Å². The molecule has 3 rings (SSSR count). The number of carbonyl (C=O) groups excluding carboxylic acids is 1. The molecule has 0 amide bonds. The van der Waals surface area contributed by atoms with Gasteiger partial charge in [-0.15, -0.1) is 0 Å². The minimum Gasteiger partial charge on any atom is -0.354 e. The van der Waals surface area contributed by atoms with Gasteiger partial charge in [0.2, 0.25) is 0 Å². The number of aromatic amines is 1. The summed E-state index contributed by atoms with van der Waals surface area (Å²) in [6, 6.07) is 9.97. The first-order valence-electron chi connectivity index (χ1n) is 6.86. The molecule has 1 aromatic heterocycles. The molecule has 0 bridgehead atoms. The predicted molar refractivity (Wildman–Crippen MR) is 88.3 cm³/mol. The van der Waals surface area contributed by atoms with Gasteiger partial charge < -0.3 is 4.98 Å². The van der Waals surface area contributed by atoms with E-state index in [2.05, 4.69) is 37.0 Å². The molecule has 21 heavy (non-hydrogen) atoms. The Morgan fingerprint density at radius 1 is 1.10 bits per heavy atom. The summed E-state index contributed by atoms with van der Waals surface area (Å²) >= 11 is 6.18. The second-order valence-electron chi connectivity index (χ2n) is 5.44. The Balaban J connectivity index is 2.37. The van der Waals surface area contributed by atoms with E-state index in [1.165, 1.54) is 5.56 Å². The summed E-state index contributed by atoms with van der Waals surface area (Å²) in [5.41, 5.74) is 6.86. The van der Waals surface area contributed by atoms with Crippen molar-refractivity contribution in [3.63, 3.8) is 0 Å². The maximum Gasteiger partial charge on any atom is 0.152 e. The van der Waals surface area contributed by atoms with Crippen LogP contribution in [0.3, 0.4) is 0 Å². The van der Waals surface area contributed by atoms with E-state index in [0.717, 1.165) is 39.6 Å². The standard InChI is InChI=1S/C18H16ClNO/c1-10-4-5-13(11(2)8-10)18-15(9-21)14-6-7-16(19)12(3)17(14)20-18/h4-9,20H,1-3H3. The number of aromatic nitrogens is 1. The highest BCUT2D eigenvalue weighted by molar-refractivity contribution is 6.32. The zero-order chi connectivity index (χ0) is 15.1. The molecule has 0 saturated carbocycles. The van der Waals surface area contributed by atoms with Gasteiger partial charge in [-0.25, -0.2) is 0 Å². The van der Waals surface area contributed by atoms with Gasteiger partial charge >= 0.3 is 0 Å². The topological polar surface area (TPSA) is 32.9 Å². The zero-order valence-electron chi connectivity index (χ0n) is 12.3. The molecular formula is C18H16ClNO. The van der Waals surface area contributed by atoms with E-state index in [9.17, 15) is 4.79 Å². The van der Waals surface area contributed by atoms with E-state index in [0.29, 0.717) is 10.6 Å². The summed E-state index contributed by atoms with van der Waals surface area (Å²) in [6.45, 7) is 6.08. The van der Waals surface area contributed by atoms with Crippen molar-refractivity contribution in [1.29, 1.82) is 0 Å². The Bertz CT molecular complexity index is 861. The monoisotopic (exact) mass is 297 g/mol. The number of H-pyrrole nitrogens is 1. The third-order valence-electron chi connectivity index (χ3n) is 3.98. The molecule has 0 fully saturated rings. The van der Waals surface area contributed by atoms with Crippen LogP contribution in [0.1, 0.15) is 27.0 Å². The van der Waals surface area contributed by atoms with Crippen LogP contribution in [0, 0.1) is 20.8 Å². The fourth-order valence-electron chi connectivity index (χ4n) is 2.83. The molecular weight excluding hydrogens is 282 g/mol. The number of hydrogen-bond acceptors (Lipinski definition) is 1. The number of halogens is 1. The van der Waals surface area contributed by atoms with E-state index in [1.807, 2.05) is 19.1 Å². The molecule has 2 nitrogen and oxygen atoms in total. The Kier molecular flexibility index (Phi) is 3.34. The summed E-state index contributed by atoms with van der Waals surface area (Å²) < 4.78 is 0. The van der Waals surface area contributed by atoms with Gasteiger partial charge in [0.05, 0.1) is 11.2 Å². The van der Waals surface area contributed by atoms with Crippen LogP contribution < -0.4 is 0 Å². The lowest BCUT2D eigenvalue weighted by Gasteiger charge is -2.06. The van der Waals surface area contributed by atoms with Crippen molar-refractivity contribution in [3.8, 4) is 11.3 Å². The van der Waals surface area contributed by atoms with Crippen LogP contribution >= 0.6 is 11.6 Å². The first-order valence-corrected chi connectivity index (χ1v) is 7.24. The van der Waals surface area contributed by atoms with E-state index in [-0.39, 0.29) is 0 Å². The average molecular weight is 298 g/mol. The highest BCUT2D eigenvalue weighted by Gasteiger charge is 2.16. The molecule has 0 spiro atoms. The molecule has 106 valence electrons. The summed E-state index contributed by atoms with van der Waals surface area (Å²) in [6.07, 6.45) is 0.917. The largest absolute Gasteiger partial charge is 0.354 e. The lowest BCUT2D eigenvalue weighted by molar-refractivity contribution is 0.112. The van der Waals surface area contributed by atoms with Crippen LogP contribution in [0.2, 0.25) is 5.02 Å². The number of fused-ring (bicyclic) bond motifs is 1. The molecule has 2 aromatic carbocycles. The van der Waals surface area contributed by atoms with Gasteiger partial charge in [-0.1, -0.05) is 41.4 Å². The molecule has 3 aromatic rings. The highest BCUT2D eigenvalue weighted by Crippen LogP contribution is 2.34. The Labute approximate surface area is 128 Å². The first-order chi connectivity index (χ1) is 10.0. The van der Waals surface area contributed by atoms with Gasteiger partial charge in [-0.05, 0) is 38.0 Å². The molecule has 0 saturated heterocycles. The van der Waals surface area contributed by atoms with E-state index in [4.69, 9.17) is 11.6 Å². The average Bonchev–Trinajstić information content (AvgIpc) is 2.82. The van der Waals surface area contributed by atoms with E-state index < -0.39 is 0 Å². The zero-order valence-corrected chi connectivity index (χ0v) is 13.0. The molecule has 0 aliphatic rings. The van der Waals surface area contributed by atoms with Crippen molar-refractivity contribution in [3.05, 3.63) is 57.6 Å². The predicted octanol–water partition coefficient (Wildman–Crippen LogP) is 5.23. The van der Waals surface area contributed by atoms with Crippen LogP contribution in [0.5, 0.6) is 0 Å². The summed E-state index contributed by atoms with van der Waals surface area (Å²) in [4.78, 5) is 15.0. The maximum absolute atomic E-state index is 11.6. The Morgan fingerprint density at radius 3 is 2.52 bits per heavy atom. The lowest BCUT2D eigenvalue weighted by Crippen LogP contribution is -1.89. The number of rotatable bonds is 2. The molecule has 0 aliphatic carbocycles. The smallest absolute Gasteiger partial charge is 0.152 e. The van der Waals surface area contributed by atoms with Gasteiger partial charge in [0.1, 0.15) is 0 Å². The Morgan fingerprint density at radius 2 is 1.86 bits per heavy atom. The normalized spacial score (nSPS) is 11.0.